The zero-order valence-electron chi connectivity index (χ0n) is 16.4. The minimum atomic E-state index is -3.76. The molecule has 0 aliphatic carbocycles. The van der Waals surface area contributed by atoms with E-state index in [0.717, 1.165) is 15.7 Å². The summed E-state index contributed by atoms with van der Waals surface area (Å²) in [5.41, 5.74) is 0. The van der Waals surface area contributed by atoms with Crippen LogP contribution in [0.3, 0.4) is 0 Å². The second-order valence-electron chi connectivity index (χ2n) is 7.22. The van der Waals surface area contributed by atoms with Crippen molar-refractivity contribution in [2.45, 2.75) is 37.6 Å². The Labute approximate surface area is 170 Å². The summed E-state index contributed by atoms with van der Waals surface area (Å²) in [5, 5.41) is 20.4. The van der Waals surface area contributed by atoms with E-state index in [-0.39, 0.29) is 36.7 Å². The minimum absolute atomic E-state index is 0.00403. The van der Waals surface area contributed by atoms with Crippen LogP contribution in [-0.2, 0) is 14.8 Å². The van der Waals surface area contributed by atoms with Gasteiger partial charge in [-0.3, -0.25) is 4.90 Å². The number of sulfonamides is 1. The third-order valence-corrected chi connectivity index (χ3v) is 5.96. The molecule has 0 heterocycles. The Hall–Kier alpha value is -2.65. The highest BCUT2D eigenvalue weighted by molar-refractivity contribution is 7.89. The third kappa shape index (κ3) is 6.16. The van der Waals surface area contributed by atoms with Gasteiger partial charge in [0.15, 0.2) is 0 Å². The monoisotopic (exact) mass is 422 g/mol. The highest BCUT2D eigenvalue weighted by Crippen LogP contribution is 2.19. The molecule has 2 aromatic carbocycles. The van der Waals surface area contributed by atoms with Crippen molar-refractivity contribution < 1.29 is 28.2 Å². The zero-order valence-corrected chi connectivity index (χ0v) is 17.2. The lowest BCUT2D eigenvalue weighted by Gasteiger charge is -2.27. The SMILES string of the molecule is CC(C)CC(C(=O)O)N(CCCNS(=O)(=O)c1ccc2ccccc2c1)C(=O)O. The van der Waals surface area contributed by atoms with Crippen LogP contribution >= 0.6 is 0 Å². The molecule has 0 aliphatic rings. The molecule has 29 heavy (non-hydrogen) atoms. The molecule has 0 aliphatic heterocycles. The summed E-state index contributed by atoms with van der Waals surface area (Å²) in [7, 11) is -3.76. The van der Waals surface area contributed by atoms with Gasteiger partial charge in [0.2, 0.25) is 10.0 Å². The molecule has 1 amide bonds. The Bertz CT molecular complexity index is 974. The number of carbonyl (C=O) groups is 2. The zero-order chi connectivity index (χ0) is 21.6. The van der Waals surface area contributed by atoms with Gasteiger partial charge < -0.3 is 10.2 Å². The number of nitrogens with one attached hydrogen (secondary N) is 1. The molecule has 0 saturated heterocycles. The quantitative estimate of drug-likeness (QED) is 0.506. The number of nitrogens with zero attached hydrogens (tertiary/aromatic N) is 1. The van der Waals surface area contributed by atoms with Gasteiger partial charge in [0, 0.05) is 13.1 Å². The lowest BCUT2D eigenvalue weighted by atomic mass is 10.0. The molecule has 3 N–H and O–H groups in total. The Morgan fingerprint density at radius 3 is 2.31 bits per heavy atom. The fourth-order valence-corrected chi connectivity index (χ4v) is 4.18. The molecule has 0 aromatic heterocycles. The number of fused-ring (bicyclic) bond motifs is 1. The first-order chi connectivity index (χ1) is 13.6. The van der Waals surface area contributed by atoms with Crippen molar-refractivity contribution in [3.8, 4) is 0 Å². The second-order valence-corrected chi connectivity index (χ2v) is 8.99. The summed E-state index contributed by atoms with van der Waals surface area (Å²) < 4.78 is 27.5. The first kappa shape index (κ1) is 22.6. The van der Waals surface area contributed by atoms with Crippen molar-refractivity contribution in [3.05, 3.63) is 42.5 Å². The van der Waals surface area contributed by atoms with Crippen molar-refractivity contribution in [1.29, 1.82) is 0 Å². The lowest BCUT2D eigenvalue weighted by Crippen LogP contribution is -2.46. The van der Waals surface area contributed by atoms with Crippen molar-refractivity contribution in [2.75, 3.05) is 13.1 Å². The number of benzene rings is 2. The molecular weight excluding hydrogens is 396 g/mol. The van der Waals surface area contributed by atoms with Gasteiger partial charge in [-0.2, -0.15) is 0 Å². The van der Waals surface area contributed by atoms with Crippen molar-refractivity contribution >= 4 is 32.9 Å². The summed E-state index contributed by atoms with van der Waals surface area (Å²) in [5.74, 6) is -1.21. The van der Waals surface area contributed by atoms with Crippen LogP contribution in [0.5, 0.6) is 0 Å². The predicted molar refractivity (Wildman–Crippen MR) is 109 cm³/mol. The van der Waals surface area contributed by atoms with Crippen LogP contribution in [0.1, 0.15) is 26.7 Å². The van der Waals surface area contributed by atoms with Crippen molar-refractivity contribution in [2.24, 2.45) is 5.92 Å². The maximum Gasteiger partial charge on any atom is 0.408 e. The summed E-state index contributed by atoms with van der Waals surface area (Å²) in [4.78, 5) is 23.9. The molecule has 0 spiro atoms. The van der Waals surface area contributed by atoms with E-state index in [0.29, 0.717) is 0 Å². The third-order valence-electron chi connectivity index (χ3n) is 4.50. The maximum atomic E-state index is 12.5. The van der Waals surface area contributed by atoms with E-state index in [1.165, 1.54) is 6.07 Å². The molecule has 2 rings (SSSR count). The number of hydrogen-bond donors (Lipinski definition) is 3. The molecule has 9 heteroatoms. The molecule has 1 unspecified atom stereocenters. The number of amides is 1. The number of rotatable bonds is 10. The standard InChI is InChI=1S/C20H26N2O6S/c1-14(2)12-18(19(23)24)22(20(25)26)11-5-10-21-29(27,28)17-9-8-15-6-3-4-7-16(15)13-17/h3-4,6-9,13-14,18,21H,5,10-12H2,1-2H3,(H,23,24)(H,25,26). The van der Waals surface area contributed by atoms with Crippen LogP contribution in [-0.4, -0.2) is 54.7 Å². The molecule has 0 bridgehead atoms. The fourth-order valence-electron chi connectivity index (χ4n) is 3.07. The van der Waals surface area contributed by atoms with Gasteiger partial charge in [0.25, 0.3) is 0 Å². The van der Waals surface area contributed by atoms with Crippen LogP contribution in [0, 0.1) is 5.92 Å². The van der Waals surface area contributed by atoms with Crippen LogP contribution in [0.25, 0.3) is 10.8 Å². The number of hydrogen-bond acceptors (Lipinski definition) is 4. The predicted octanol–water partition coefficient (Wildman–Crippen LogP) is 2.99. The topological polar surface area (TPSA) is 124 Å². The fraction of sp³-hybridized carbons (Fsp3) is 0.400. The van der Waals surface area contributed by atoms with E-state index in [4.69, 9.17) is 0 Å². The lowest BCUT2D eigenvalue weighted by molar-refractivity contribution is -0.143. The average Bonchev–Trinajstić information content (AvgIpc) is 2.65. The molecule has 0 radical (unpaired) electrons. The molecule has 158 valence electrons. The Morgan fingerprint density at radius 1 is 1.07 bits per heavy atom. The summed E-state index contributed by atoms with van der Waals surface area (Å²) in [6.45, 7) is 3.54. The van der Waals surface area contributed by atoms with Gasteiger partial charge in [-0.1, -0.05) is 44.2 Å². The largest absolute Gasteiger partial charge is 0.480 e. The van der Waals surface area contributed by atoms with Gasteiger partial charge in [0.1, 0.15) is 6.04 Å². The molecule has 0 fully saturated rings. The maximum absolute atomic E-state index is 12.5. The van der Waals surface area contributed by atoms with Gasteiger partial charge in [-0.25, -0.2) is 22.7 Å². The average molecular weight is 423 g/mol. The second kappa shape index (κ2) is 9.71. The minimum Gasteiger partial charge on any atom is -0.480 e. The van der Waals surface area contributed by atoms with Gasteiger partial charge >= 0.3 is 12.1 Å². The van der Waals surface area contributed by atoms with E-state index in [1.807, 2.05) is 38.1 Å². The van der Waals surface area contributed by atoms with E-state index < -0.39 is 28.1 Å². The molecule has 0 saturated carbocycles. The Balaban J connectivity index is 2.00. The molecule has 8 nitrogen and oxygen atoms in total. The molecule has 1 atom stereocenters. The van der Waals surface area contributed by atoms with Gasteiger partial charge in [-0.15, -0.1) is 0 Å². The first-order valence-electron chi connectivity index (χ1n) is 9.32. The summed E-state index contributed by atoms with van der Waals surface area (Å²) >= 11 is 0. The van der Waals surface area contributed by atoms with Crippen LogP contribution in [0.4, 0.5) is 4.79 Å². The Kier molecular flexibility index (Phi) is 7.58. The summed E-state index contributed by atoms with van der Waals surface area (Å²) in [6.07, 6.45) is -0.999. The smallest absolute Gasteiger partial charge is 0.408 e. The molecule has 2 aromatic rings. The van der Waals surface area contributed by atoms with Crippen LogP contribution in [0.2, 0.25) is 0 Å². The van der Waals surface area contributed by atoms with Crippen molar-refractivity contribution in [3.63, 3.8) is 0 Å². The summed E-state index contributed by atoms with van der Waals surface area (Å²) in [6, 6.07) is 11.0. The number of carboxylic acid groups (broad SMARTS) is 2. The highest BCUT2D eigenvalue weighted by Gasteiger charge is 2.29. The van der Waals surface area contributed by atoms with Crippen LogP contribution in [0.15, 0.2) is 47.4 Å². The van der Waals surface area contributed by atoms with E-state index in [9.17, 15) is 28.2 Å². The van der Waals surface area contributed by atoms with E-state index in [1.54, 1.807) is 12.1 Å². The highest BCUT2D eigenvalue weighted by atomic mass is 32.2. The van der Waals surface area contributed by atoms with Crippen molar-refractivity contribution in [1.82, 2.24) is 9.62 Å². The number of aliphatic carboxylic acids is 1. The van der Waals surface area contributed by atoms with Gasteiger partial charge in [-0.05, 0) is 41.7 Å². The molecular formula is C20H26N2O6S. The van der Waals surface area contributed by atoms with E-state index in [2.05, 4.69) is 4.72 Å². The Morgan fingerprint density at radius 2 is 1.72 bits per heavy atom. The first-order valence-corrected chi connectivity index (χ1v) is 10.8. The van der Waals surface area contributed by atoms with E-state index >= 15 is 0 Å². The number of carboxylic acids is 1. The van der Waals surface area contributed by atoms with Crippen LogP contribution < -0.4 is 4.72 Å². The van der Waals surface area contributed by atoms with Gasteiger partial charge in [0.05, 0.1) is 4.90 Å². The normalized spacial score (nSPS) is 12.8.